The van der Waals surface area contributed by atoms with E-state index in [1.165, 1.54) is 6.42 Å². The highest BCUT2D eigenvalue weighted by atomic mass is 32.2. The monoisotopic (exact) mass is 252 g/mol. The molecule has 0 radical (unpaired) electrons. The molecule has 2 heterocycles. The van der Waals surface area contributed by atoms with Crippen LogP contribution in [-0.4, -0.2) is 33.3 Å². The van der Waals surface area contributed by atoms with Crippen LogP contribution >= 0.6 is 11.8 Å². The summed E-state index contributed by atoms with van der Waals surface area (Å²) < 4.78 is 1.93. The Balaban J connectivity index is 1.64. The van der Waals surface area contributed by atoms with Gasteiger partial charge in [0.2, 0.25) is 0 Å². The fraction of sp³-hybridized carbons (Fsp3) is 0.667. The summed E-state index contributed by atoms with van der Waals surface area (Å²) in [5, 5.41) is 9.31. The lowest BCUT2D eigenvalue weighted by Crippen LogP contribution is -2.24. The molecule has 0 spiro atoms. The van der Waals surface area contributed by atoms with Gasteiger partial charge >= 0.3 is 0 Å². The third-order valence-electron chi connectivity index (χ3n) is 2.63. The second-order valence-corrected chi connectivity index (χ2v) is 6.00. The number of hydrogen-bond donors (Lipinski definition) is 1. The van der Waals surface area contributed by atoms with E-state index < -0.39 is 0 Å². The molecule has 17 heavy (non-hydrogen) atoms. The van der Waals surface area contributed by atoms with Crippen molar-refractivity contribution in [3.63, 3.8) is 0 Å². The molecule has 0 saturated carbocycles. The number of aliphatic imine (C=N–C) groups is 1. The highest BCUT2D eigenvalue weighted by Gasteiger charge is 2.19. The lowest BCUT2D eigenvalue weighted by molar-refractivity contribution is 0.575. The number of nitrogens with one attached hydrogen (secondary N) is 1. The number of thioether (sulfide) groups is 1. The maximum Gasteiger partial charge on any atom is 0.156 e. The van der Waals surface area contributed by atoms with E-state index in [1.54, 1.807) is 6.20 Å². The lowest BCUT2D eigenvalue weighted by Gasteiger charge is -2.11. The first kappa shape index (κ1) is 12.5. The van der Waals surface area contributed by atoms with Gasteiger partial charge in [0.1, 0.15) is 0 Å². The molecular weight excluding hydrogens is 232 g/mol. The Morgan fingerprint density at radius 1 is 1.59 bits per heavy atom. The Hall–Kier alpha value is -0.970. The molecule has 4 nitrogen and oxygen atoms in total. The van der Waals surface area contributed by atoms with Gasteiger partial charge in [0.15, 0.2) is 5.17 Å². The van der Waals surface area contributed by atoms with Gasteiger partial charge in [0.25, 0.3) is 0 Å². The average Bonchev–Trinajstić information content (AvgIpc) is 2.89. The molecular formula is C12H20N4S. The van der Waals surface area contributed by atoms with Gasteiger partial charge in [-0.1, -0.05) is 25.6 Å². The molecule has 94 valence electrons. The van der Waals surface area contributed by atoms with Crippen LogP contribution in [-0.2, 0) is 6.54 Å². The van der Waals surface area contributed by atoms with Crippen LogP contribution < -0.4 is 5.32 Å². The molecule has 1 aliphatic rings. The number of amidine groups is 1. The van der Waals surface area contributed by atoms with Gasteiger partial charge in [-0.3, -0.25) is 9.67 Å². The van der Waals surface area contributed by atoms with E-state index in [2.05, 4.69) is 29.3 Å². The van der Waals surface area contributed by atoms with Crippen molar-refractivity contribution in [2.75, 3.05) is 13.1 Å². The van der Waals surface area contributed by atoms with Crippen LogP contribution in [0.5, 0.6) is 0 Å². The minimum absolute atomic E-state index is 0.669. The van der Waals surface area contributed by atoms with Gasteiger partial charge in [-0.25, -0.2) is 0 Å². The molecule has 1 aromatic heterocycles. The summed E-state index contributed by atoms with van der Waals surface area (Å²) >= 11 is 1.89. The van der Waals surface area contributed by atoms with E-state index in [9.17, 15) is 0 Å². The number of nitrogens with zero attached hydrogens (tertiary/aromatic N) is 3. The van der Waals surface area contributed by atoms with Crippen LogP contribution in [0.15, 0.2) is 23.5 Å². The summed E-state index contributed by atoms with van der Waals surface area (Å²) in [7, 11) is 0. The highest BCUT2D eigenvalue weighted by Crippen LogP contribution is 2.25. The number of rotatable bonds is 5. The standard InChI is InChI=1S/C12H20N4S/c1-10(2)8-11-9-14-12(17-11)13-5-7-16-6-3-4-15-16/h3-4,6,10-11H,5,7-9H2,1-2H3,(H,13,14). The first-order chi connectivity index (χ1) is 8.24. The summed E-state index contributed by atoms with van der Waals surface area (Å²) in [6.45, 7) is 7.28. The largest absolute Gasteiger partial charge is 0.363 e. The molecule has 5 heteroatoms. The maximum atomic E-state index is 4.53. The van der Waals surface area contributed by atoms with Gasteiger partial charge in [-0.2, -0.15) is 5.10 Å². The van der Waals surface area contributed by atoms with Crippen molar-refractivity contribution in [2.45, 2.75) is 32.1 Å². The smallest absolute Gasteiger partial charge is 0.156 e. The summed E-state index contributed by atoms with van der Waals surface area (Å²) in [5.74, 6) is 0.756. The van der Waals surface area contributed by atoms with Crippen LogP contribution in [0.4, 0.5) is 0 Å². The molecule has 1 aliphatic heterocycles. The Labute approximate surface area is 107 Å². The van der Waals surface area contributed by atoms with Gasteiger partial charge < -0.3 is 5.32 Å². The summed E-state index contributed by atoms with van der Waals surface area (Å²) in [6.07, 6.45) is 5.03. The van der Waals surface area contributed by atoms with E-state index in [0.29, 0.717) is 5.25 Å². The first-order valence-electron chi connectivity index (χ1n) is 6.16. The van der Waals surface area contributed by atoms with Gasteiger partial charge in [-0.05, 0) is 18.4 Å². The molecule has 0 saturated heterocycles. The zero-order valence-corrected chi connectivity index (χ0v) is 11.3. The fourth-order valence-electron chi connectivity index (χ4n) is 1.87. The topological polar surface area (TPSA) is 42.2 Å². The summed E-state index contributed by atoms with van der Waals surface area (Å²) in [6, 6.07) is 1.94. The second kappa shape index (κ2) is 6.10. The molecule has 1 N–H and O–H groups in total. The Bertz CT molecular complexity index is 359. The minimum atomic E-state index is 0.669. The second-order valence-electron chi connectivity index (χ2n) is 4.71. The minimum Gasteiger partial charge on any atom is -0.363 e. The van der Waals surface area contributed by atoms with Gasteiger partial charge in [-0.15, -0.1) is 0 Å². The molecule has 1 atom stereocenters. The Morgan fingerprint density at radius 2 is 2.47 bits per heavy atom. The third-order valence-corrected chi connectivity index (χ3v) is 3.80. The van der Waals surface area contributed by atoms with E-state index in [4.69, 9.17) is 0 Å². The molecule has 0 fully saturated rings. The van der Waals surface area contributed by atoms with E-state index in [1.807, 2.05) is 28.7 Å². The van der Waals surface area contributed by atoms with Gasteiger partial charge in [0.05, 0.1) is 13.1 Å². The van der Waals surface area contributed by atoms with Crippen molar-refractivity contribution in [1.82, 2.24) is 15.1 Å². The Morgan fingerprint density at radius 3 is 3.18 bits per heavy atom. The lowest BCUT2D eigenvalue weighted by atomic mass is 10.1. The molecule has 0 aromatic carbocycles. The van der Waals surface area contributed by atoms with Crippen LogP contribution in [0, 0.1) is 5.92 Å². The zero-order valence-electron chi connectivity index (χ0n) is 10.5. The molecule has 1 aromatic rings. The van der Waals surface area contributed by atoms with Crippen LogP contribution in [0.2, 0.25) is 0 Å². The molecule has 2 rings (SSSR count). The summed E-state index contributed by atoms with van der Waals surface area (Å²) in [5.41, 5.74) is 0. The van der Waals surface area contributed by atoms with Crippen molar-refractivity contribution in [2.24, 2.45) is 10.9 Å². The van der Waals surface area contributed by atoms with Crippen molar-refractivity contribution in [3.05, 3.63) is 18.5 Å². The van der Waals surface area contributed by atoms with Crippen LogP contribution in [0.1, 0.15) is 20.3 Å². The summed E-state index contributed by atoms with van der Waals surface area (Å²) in [4.78, 5) is 4.53. The number of aromatic nitrogens is 2. The molecule has 0 bridgehead atoms. The highest BCUT2D eigenvalue weighted by molar-refractivity contribution is 8.14. The fourth-order valence-corrected chi connectivity index (χ4v) is 3.15. The molecule has 0 amide bonds. The first-order valence-corrected chi connectivity index (χ1v) is 7.04. The van der Waals surface area contributed by atoms with E-state index in [-0.39, 0.29) is 0 Å². The van der Waals surface area contributed by atoms with Crippen molar-refractivity contribution in [1.29, 1.82) is 0 Å². The maximum absolute atomic E-state index is 4.53. The normalized spacial score (nSPS) is 19.7. The Kier molecular flexibility index (Phi) is 4.48. The predicted molar refractivity (Wildman–Crippen MR) is 73.4 cm³/mol. The molecule has 1 unspecified atom stereocenters. The van der Waals surface area contributed by atoms with Crippen molar-refractivity contribution >= 4 is 16.9 Å². The quantitative estimate of drug-likeness (QED) is 0.871. The van der Waals surface area contributed by atoms with E-state index >= 15 is 0 Å². The predicted octanol–water partition coefficient (Wildman–Crippen LogP) is 1.99. The third kappa shape index (κ3) is 4.07. The van der Waals surface area contributed by atoms with Crippen LogP contribution in [0.3, 0.4) is 0 Å². The average molecular weight is 252 g/mol. The molecule has 0 aliphatic carbocycles. The SMILES string of the molecule is CC(C)CC1CN=C(NCCn2cccn2)S1. The number of hydrogen-bond acceptors (Lipinski definition) is 4. The zero-order chi connectivity index (χ0) is 12.1. The van der Waals surface area contributed by atoms with E-state index in [0.717, 1.165) is 30.7 Å². The van der Waals surface area contributed by atoms with Crippen LogP contribution in [0.25, 0.3) is 0 Å². The van der Waals surface area contributed by atoms with Crippen molar-refractivity contribution in [3.8, 4) is 0 Å². The van der Waals surface area contributed by atoms with Crippen molar-refractivity contribution < 1.29 is 0 Å². The van der Waals surface area contributed by atoms with Gasteiger partial charge in [0, 0.05) is 24.2 Å².